The Morgan fingerprint density at radius 2 is 1.45 bits per heavy atom. The van der Waals surface area contributed by atoms with Crippen LogP contribution in [0.5, 0.6) is 0 Å². The highest BCUT2D eigenvalue weighted by molar-refractivity contribution is 5.95. The van der Waals surface area contributed by atoms with Crippen molar-refractivity contribution in [3.8, 4) is 0 Å². The van der Waals surface area contributed by atoms with Gasteiger partial charge in [0.1, 0.15) is 11.8 Å². The van der Waals surface area contributed by atoms with Crippen molar-refractivity contribution in [1.29, 1.82) is 0 Å². The number of rotatable bonds is 7. The molecule has 4 aromatic rings. The van der Waals surface area contributed by atoms with E-state index in [0.717, 1.165) is 22.0 Å². The summed E-state index contributed by atoms with van der Waals surface area (Å²) < 4.78 is 13.3. The Labute approximate surface area is 170 Å². The van der Waals surface area contributed by atoms with Crippen molar-refractivity contribution in [3.05, 3.63) is 108 Å². The maximum atomic E-state index is 12.3. The molecule has 1 aromatic heterocycles. The Hall–Kier alpha value is -3.37. The van der Waals surface area contributed by atoms with Crippen molar-refractivity contribution < 1.29 is 14.3 Å². The van der Waals surface area contributed by atoms with E-state index in [-0.39, 0.29) is 12.1 Å². The first kappa shape index (κ1) is 19.0. The fraction of sp³-hybridized carbons (Fsp3) is 0.160. The Kier molecular flexibility index (Phi) is 5.73. The number of esters is 1. The number of aromatic nitrogens is 1. The number of hydrogen-bond acceptors (Lipinski definition) is 3. The number of methoxy groups -OCH3 is 1. The summed E-state index contributed by atoms with van der Waals surface area (Å²) in [5.41, 5.74) is 3.73. The molecule has 0 saturated carbocycles. The third-order valence-electron chi connectivity index (χ3n) is 5.01. The van der Waals surface area contributed by atoms with E-state index in [9.17, 15) is 4.79 Å². The molecule has 0 amide bonds. The van der Waals surface area contributed by atoms with Gasteiger partial charge in [0, 0.05) is 17.4 Å². The van der Waals surface area contributed by atoms with E-state index in [0.29, 0.717) is 18.8 Å². The monoisotopic (exact) mass is 385 g/mol. The van der Waals surface area contributed by atoms with Crippen LogP contribution in [0.25, 0.3) is 10.9 Å². The highest BCUT2D eigenvalue weighted by Gasteiger charge is 2.18. The smallest absolute Gasteiger partial charge is 0.354 e. The van der Waals surface area contributed by atoms with Gasteiger partial charge in [-0.15, -0.1) is 0 Å². The molecule has 0 N–H and O–H groups in total. The minimum Gasteiger partial charge on any atom is -0.464 e. The first-order chi connectivity index (χ1) is 14.3. The second-order valence-corrected chi connectivity index (χ2v) is 6.80. The molecule has 0 spiro atoms. The summed E-state index contributed by atoms with van der Waals surface area (Å²) in [6.07, 6.45) is -0.166. The van der Waals surface area contributed by atoms with Crippen LogP contribution < -0.4 is 0 Å². The van der Waals surface area contributed by atoms with E-state index < -0.39 is 0 Å². The van der Waals surface area contributed by atoms with Crippen molar-refractivity contribution >= 4 is 16.9 Å². The van der Waals surface area contributed by atoms with Crippen LogP contribution in [0.4, 0.5) is 0 Å². The van der Waals surface area contributed by atoms with Gasteiger partial charge in [0.05, 0.1) is 13.7 Å². The lowest BCUT2D eigenvalue weighted by Crippen LogP contribution is -2.16. The normalized spacial score (nSPS) is 11.1. The number of para-hydroxylation sites is 1. The summed E-state index contributed by atoms with van der Waals surface area (Å²) in [5, 5.41) is 1.01. The quantitative estimate of drug-likeness (QED) is 0.409. The number of benzene rings is 3. The first-order valence-electron chi connectivity index (χ1n) is 9.66. The molecule has 146 valence electrons. The van der Waals surface area contributed by atoms with Crippen LogP contribution in [0.1, 0.15) is 27.7 Å². The van der Waals surface area contributed by atoms with Crippen molar-refractivity contribution in [3.63, 3.8) is 0 Å². The van der Waals surface area contributed by atoms with E-state index in [1.165, 1.54) is 7.11 Å². The van der Waals surface area contributed by atoms with Gasteiger partial charge in [0.15, 0.2) is 0 Å². The van der Waals surface area contributed by atoms with Gasteiger partial charge in [0.25, 0.3) is 0 Å². The number of hydrogen-bond donors (Lipinski definition) is 0. The molecule has 0 aliphatic carbocycles. The number of carbonyl (C=O) groups is 1. The van der Waals surface area contributed by atoms with E-state index >= 15 is 0 Å². The molecule has 0 unspecified atom stereocenters. The molecule has 4 heteroatoms. The van der Waals surface area contributed by atoms with Gasteiger partial charge in [-0.3, -0.25) is 0 Å². The van der Waals surface area contributed by atoms with Crippen LogP contribution in [-0.2, 0) is 16.0 Å². The topological polar surface area (TPSA) is 40.5 Å². The Bertz CT molecular complexity index is 1050. The van der Waals surface area contributed by atoms with Crippen LogP contribution >= 0.6 is 0 Å². The van der Waals surface area contributed by atoms with Crippen LogP contribution in [0.3, 0.4) is 0 Å². The predicted molar refractivity (Wildman–Crippen MR) is 114 cm³/mol. The molecule has 3 aromatic carbocycles. The maximum absolute atomic E-state index is 12.3. The average molecular weight is 385 g/mol. The minimum atomic E-state index is -0.344. The SMILES string of the molecule is COC(=O)c1cc2ccccc2n1CCOC(c1ccccc1)c1ccccc1. The van der Waals surface area contributed by atoms with Gasteiger partial charge in [-0.1, -0.05) is 78.9 Å². The summed E-state index contributed by atoms with van der Waals surface area (Å²) in [5.74, 6) is -0.344. The molecule has 0 saturated heterocycles. The predicted octanol–water partition coefficient (Wildman–Crippen LogP) is 5.23. The lowest BCUT2D eigenvalue weighted by molar-refractivity contribution is 0.0572. The second-order valence-electron chi connectivity index (χ2n) is 6.80. The summed E-state index contributed by atoms with van der Waals surface area (Å²) in [6.45, 7) is 1.01. The van der Waals surface area contributed by atoms with Crippen LogP contribution in [0.15, 0.2) is 91.0 Å². The molecule has 4 rings (SSSR count). The zero-order chi connectivity index (χ0) is 20.1. The van der Waals surface area contributed by atoms with Gasteiger partial charge < -0.3 is 14.0 Å². The second kappa shape index (κ2) is 8.76. The molecule has 29 heavy (non-hydrogen) atoms. The van der Waals surface area contributed by atoms with E-state index in [2.05, 4.69) is 24.3 Å². The number of ether oxygens (including phenoxy) is 2. The number of carbonyl (C=O) groups excluding carboxylic acids is 1. The molecule has 0 aliphatic heterocycles. The molecular formula is C25H23NO3. The molecule has 0 aliphatic rings. The Balaban J connectivity index is 1.59. The van der Waals surface area contributed by atoms with Crippen molar-refractivity contribution in [2.45, 2.75) is 12.6 Å². The maximum Gasteiger partial charge on any atom is 0.354 e. The molecular weight excluding hydrogens is 362 g/mol. The molecule has 0 atom stereocenters. The molecule has 0 bridgehead atoms. The third-order valence-corrected chi connectivity index (χ3v) is 5.01. The zero-order valence-electron chi connectivity index (χ0n) is 16.3. The lowest BCUT2D eigenvalue weighted by Gasteiger charge is -2.20. The Morgan fingerprint density at radius 3 is 2.07 bits per heavy atom. The van der Waals surface area contributed by atoms with Gasteiger partial charge in [-0.25, -0.2) is 4.79 Å². The summed E-state index contributed by atoms with van der Waals surface area (Å²) in [7, 11) is 1.40. The third kappa shape index (κ3) is 4.08. The van der Waals surface area contributed by atoms with Gasteiger partial charge in [-0.05, 0) is 23.3 Å². The highest BCUT2D eigenvalue weighted by atomic mass is 16.5. The molecule has 0 radical (unpaired) electrons. The van der Waals surface area contributed by atoms with Gasteiger partial charge in [0.2, 0.25) is 0 Å². The van der Waals surface area contributed by atoms with Crippen molar-refractivity contribution in [2.75, 3.05) is 13.7 Å². The molecule has 4 nitrogen and oxygen atoms in total. The summed E-state index contributed by atoms with van der Waals surface area (Å²) >= 11 is 0. The van der Waals surface area contributed by atoms with E-state index in [1.54, 1.807) is 0 Å². The fourth-order valence-corrected chi connectivity index (χ4v) is 3.63. The van der Waals surface area contributed by atoms with Gasteiger partial charge >= 0.3 is 5.97 Å². The lowest BCUT2D eigenvalue weighted by atomic mass is 10.0. The van der Waals surface area contributed by atoms with Gasteiger partial charge in [-0.2, -0.15) is 0 Å². The van der Waals surface area contributed by atoms with Crippen LogP contribution in [-0.4, -0.2) is 24.3 Å². The standard InChI is InChI=1S/C25H23NO3/c1-28-25(27)23-18-21-14-8-9-15-22(21)26(23)16-17-29-24(19-10-4-2-5-11-19)20-12-6-3-7-13-20/h2-15,18,24H,16-17H2,1H3. The largest absolute Gasteiger partial charge is 0.464 e. The number of fused-ring (bicyclic) bond motifs is 1. The Morgan fingerprint density at radius 1 is 0.862 bits per heavy atom. The highest BCUT2D eigenvalue weighted by Crippen LogP contribution is 2.26. The zero-order valence-corrected chi connectivity index (χ0v) is 16.3. The molecule has 1 heterocycles. The van der Waals surface area contributed by atoms with Crippen LogP contribution in [0, 0.1) is 0 Å². The fourth-order valence-electron chi connectivity index (χ4n) is 3.63. The average Bonchev–Trinajstić information content (AvgIpc) is 3.16. The van der Waals surface area contributed by atoms with Crippen molar-refractivity contribution in [1.82, 2.24) is 4.57 Å². The summed E-state index contributed by atoms with van der Waals surface area (Å²) in [6, 6.07) is 30.2. The van der Waals surface area contributed by atoms with Crippen molar-refractivity contribution in [2.24, 2.45) is 0 Å². The van der Waals surface area contributed by atoms with E-state index in [4.69, 9.17) is 9.47 Å². The molecule has 0 fully saturated rings. The minimum absolute atomic E-state index is 0.166. The number of nitrogens with zero attached hydrogens (tertiary/aromatic N) is 1. The van der Waals surface area contributed by atoms with Crippen LogP contribution in [0.2, 0.25) is 0 Å². The van der Waals surface area contributed by atoms with E-state index in [1.807, 2.05) is 71.3 Å². The summed E-state index contributed by atoms with van der Waals surface area (Å²) in [4.78, 5) is 12.3. The first-order valence-corrected chi connectivity index (χ1v) is 9.66.